The molecule has 0 fully saturated rings. The minimum Gasteiger partial charge on any atom is -1.00 e. The number of hydrogen-bond donors (Lipinski definition) is 15. The van der Waals surface area contributed by atoms with E-state index in [2.05, 4.69) is 27.8 Å². The normalized spacial score (nSPS) is 21.9. The fraction of sp³-hybridized carbons (Fsp3) is 0.500. The van der Waals surface area contributed by atoms with E-state index in [4.69, 9.17) is 60.0 Å². The Hall–Kier alpha value is 1.55. The van der Waals surface area contributed by atoms with Crippen molar-refractivity contribution >= 4 is 41.4 Å². The van der Waals surface area contributed by atoms with Gasteiger partial charge in [0, 0.05) is 0 Å². The average molecular weight is 889 g/mol. The zero-order valence-electron chi connectivity index (χ0n) is 29.0. The van der Waals surface area contributed by atoms with Gasteiger partial charge in [0.1, 0.15) is 18.3 Å². The molecule has 0 spiro atoms. The van der Waals surface area contributed by atoms with E-state index >= 15 is 0 Å². The molecule has 0 unspecified atom stereocenters. The summed E-state index contributed by atoms with van der Waals surface area (Å²) in [5.41, 5.74) is 0. The summed E-state index contributed by atoms with van der Waals surface area (Å²) in [5.74, 6) is -10.2. The molecule has 3 aliphatic heterocycles. The molecule has 6 atom stereocenters. The van der Waals surface area contributed by atoms with Crippen molar-refractivity contribution in [3.8, 4) is 0 Å². The summed E-state index contributed by atoms with van der Waals surface area (Å²) in [6.07, 6.45) is -9.62. The van der Waals surface area contributed by atoms with Gasteiger partial charge in [-0.15, -0.1) is 0 Å². The largest absolute Gasteiger partial charge is 1.00 e. The Morgan fingerprint density at radius 1 is 0.510 bits per heavy atom. The minimum atomic E-state index is -5.02. The maximum Gasteiger partial charge on any atom is 1.00 e. The van der Waals surface area contributed by atoms with Crippen LogP contribution in [-0.4, -0.2) is 150 Å². The third-order valence-electron chi connectivity index (χ3n) is 5.00. The van der Waals surface area contributed by atoms with E-state index in [1.165, 1.54) is 0 Å². The van der Waals surface area contributed by atoms with Gasteiger partial charge in [-0.05, 0) is 0 Å². The molecule has 0 saturated heterocycles. The molecule has 27 nitrogen and oxygen atoms in total. The predicted molar refractivity (Wildman–Crippen MR) is 141 cm³/mol. The van der Waals surface area contributed by atoms with Crippen molar-refractivity contribution in [2.24, 2.45) is 0 Å². The van der Waals surface area contributed by atoms with Crippen LogP contribution in [0.15, 0.2) is 34.6 Å². The Bertz CT molecular complexity index is 1310. The van der Waals surface area contributed by atoms with E-state index in [1.807, 2.05) is 0 Å². The maximum absolute atomic E-state index is 11.0. The van der Waals surface area contributed by atoms with Crippen molar-refractivity contribution in [2.45, 2.75) is 36.6 Å². The second kappa shape index (κ2) is 24.3. The van der Waals surface area contributed by atoms with Crippen LogP contribution < -0.4 is 154 Å². The molecular weight excluding hydrogens is 858 g/mol. The smallest absolute Gasteiger partial charge is 1.00 e. The van der Waals surface area contributed by atoms with Crippen LogP contribution in [0.1, 0.15) is 4.28 Å². The number of ether oxygens (including phenoxy) is 3. The summed E-state index contributed by atoms with van der Waals surface area (Å²) < 4.78 is 56.0. The molecule has 0 amide bonds. The first-order valence-corrected chi connectivity index (χ1v) is 16.4. The molecule has 0 bridgehead atoms. The number of esters is 3. The van der Waals surface area contributed by atoms with Gasteiger partial charge >= 0.3 is 196 Å². The number of hydrogen-bond acceptors (Lipinski definition) is 21. The Morgan fingerprint density at radius 2 is 0.686 bits per heavy atom. The van der Waals surface area contributed by atoms with E-state index in [0.717, 1.165) is 0 Å². The molecule has 0 aromatic rings. The van der Waals surface area contributed by atoms with Crippen LogP contribution in [-0.2, 0) is 55.9 Å². The van der Waals surface area contributed by atoms with Crippen LogP contribution in [0.2, 0.25) is 0 Å². The summed E-state index contributed by atoms with van der Waals surface area (Å²) in [7, 11) is -15.1. The van der Waals surface area contributed by atoms with Gasteiger partial charge in [0.2, 0.25) is 0 Å². The second-order valence-electron chi connectivity index (χ2n) is 8.62. The van der Waals surface area contributed by atoms with Crippen molar-refractivity contribution < 1.29 is 290 Å². The maximum atomic E-state index is 11.0. The molecule has 15 N–H and O–H groups in total. The molecule has 0 radical (unpaired) electrons. The number of rotatable bonds is 12. The summed E-state index contributed by atoms with van der Waals surface area (Å²) in [5, 5.41) is 80.8. The molecule has 0 aliphatic carbocycles. The Morgan fingerprint density at radius 3 is 0.824 bits per heavy atom. The fourth-order valence-electron chi connectivity index (χ4n) is 3.05. The first-order valence-electron chi connectivity index (χ1n) is 11.8. The van der Waals surface area contributed by atoms with Crippen LogP contribution in [0.25, 0.3) is 0 Å². The predicted octanol–water partition coefficient (Wildman–Crippen LogP) is -14.2. The van der Waals surface area contributed by atoms with Crippen molar-refractivity contribution in [2.75, 3.05) is 19.8 Å². The molecule has 3 heterocycles. The van der Waals surface area contributed by atoms with Crippen LogP contribution in [0.3, 0.4) is 0 Å². The van der Waals surface area contributed by atoms with Crippen molar-refractivity contribution in [3.05, 3.63) is 34.6 Å². The number of phosphoric ester groups is 3. The first kappa shape index (κ1) is 56.9. The van der Waals surface area contributed by atoms with Gasteiger partial charge in [0.25, 0.3) is 17.3 Å². The van der Waals surface area contributed by atoms with Gasteiger partial charge in [-0.1, -0.05) is 0 Å². The monoisotopic (exact) mass is 888 g/mol. The average Bonchev–Trinajstić information content (AvgIpc) is 3.51. The third-order valence-corrected chi connectivity index (χ3v) is 6.27. The van der Waals surface area contributed by atoms with E-state index in [-0.39, 0.29) is 158 Å². The van der Waals surface area contributed by atoms with Crippen LogP contribution in [0, 0.1) is 0 Å². The summed E-state index contributed by atoms with van der Waals surface area (Å²) in [4.78, 5) is 83.5. The Kier molecular flexibility index (Phi) is 27.2. The topological polar surface area (TPSA) is 461 Å². The summed E-state index contributed by atoms with van der Waals surface area (Å²) in [6.45, 7) is -2.44. The van der Waals surface area contributed by atoms with Gasteiger partial charge in [-0.2, -0.15) is 0 Å². The molecule has 3 rings (SSSR count). The number of carbonyl (C=O) groups excluding carboxylic acids is 3. The molecule has 33 heteroatoms. The molecule has 3 aliphatic rings. The van der Waals surface area contributed by atoms with E-state index in [9.17, 15) is 43.4 Å². The van der Waals surface area contributed by atoms with Crippen LogP contribution in [0.5, 0.6) is 0 Å². The van der Waals surface area contributed by atoms with E-state index in [1.54, 1.807) is 0 Å². The van der Waals surface area contributed by atoms with Gasteiger partial charge < -0.3 is 78.0 Å². The molecule has 0 aromatic heterocycles. The molecular formula is C18H30K3O27P3. The SMILES string of the molecule is O=C1O[C@H]([C@@H](O)CO)C(O)=C1OP(=O)(O)O.O=C1O[C@H]([C@@H](O)CO)C(O)=C1OP(=O)(O)O.O=C1O[C@H]([C@@H](O)CO)C(O)=C1OP(=O)(O)O.[H-].[H-].[H-].[K+].[K+].[K+]. The summed E-state index contributed by atoms with van der Waals surface area (Å²) in [6, 6.07) is 0. The Balaban J connectivity index is -0.000000152. The zero-order valence-corrected chi connectivity index (χ0v) is 38.1. The first-order chi connectivity index (χ1) is 21.8. The third kappa shape index (κ3) is 18.6. The van der Waals surface area contributed by atoms with E-state index in [0.29, 0.717) is 0 Å². The van der Waals surface area contributed by atoms with Gasteiger partial charge in [0.15, 0.2) is 35.6 Å². The Labute approximate surface area is 415 Å². The molecule has 51 heavy (non-hydrogen) atoms. The molecule has 0 aromatic carbocycles. The number of carbonyl (C=O) groups is 3. The van der Waals surface area contributed by atoms with Crippen molar-refractivity contribution in [1.82, 2.24) is 0 Å². The van der Waals surface area contributed by atoms with Crippen molar-refractivity contribution in [3.63, 3.8) is 0 Å². The van der Waals surface area contributed by atoms with Crippen LogP contribution >= 0.6 is 23.5 Å². The van der Waals surface area contributed by atoms with Crippen molar-refractivity contribution in [1.29, 1.82) is 0 Å². The molecule has 282 valence electrons. The van der Waals surface area contributed by atoms with Crippen LogP contribution in [0.4, 0.5) is 0 Å². The van der Waals surface area contributed by atoms with Gasteiger partial charge in [-0.3, -0.25) is 29.4 Å². The quantitative estimate of drug-likeness (QED) is 0.0374. The number of cyclic esters (lactones) is 3. The fourth-order valence-corrected chi connectivity index (χ4v) is 4.27. The standard InChI is InChI=1S/3C6H9O9P.3K.3H/c3*7-1-2(8)4-3(9)5(6(10)14-4)15-16(11,12)13;;;;;;/h3*2,4,7-9H,1H2,(H2,11,12,13);;;;;;/q;;;3*+1;3*-1/t3*2-,4+;;;;;;/m000....../s1. The number of aliphatic hydroxyl groups is 9. The summed E-state index contributed by atoms with van der Waals surface area (Å²) >= 11 is 0. The van der Waals surface area contributed by atoms with Gasteiger partial charge in [0.05, 0.1) is 19.8 Å². The zero-order chi connectivity index (χ0) is 37.5. The second-order valence-corrected chi connectivity index (χ2v) is 12.1. The minimum absolute atomic E-state index is 0. The number of phosphoric acid groups is 3. The van der Waals surface area contributed by atoms with Gasteiger partial charge in [-0.25, -0.2) is 28.1 Å². The van der Waals surface area contributed by atoms with E-state index < -0.39 is 132 Å². The molecule has 0 saturated carbocycles. The number of aliphatic hydroxyl groups excluding tert-OH is 9.